The third-order valence-corrected chi connectivity index (χ3v) is 4.01. The van der Waals surface area contributed by atoms with Crippen LogP contribution < -0.4 is 5.73 Å². The topological polar surface area (TPSA) is 119 Å². The van der Waals surface area contributed by atoms with Gasteiger partial charge in [-0.15, -0.1) is 0 Å². The summed E-state index contributed by atoms with van der Waals surface area (Å²) < 4.78 is 20.3. The van der Waals surface area contributed by atoms with Crippen LogP contribution in [0.4, 0.5) is 10.2 Å². The summed E-state index contributed by atoms with van der Waals surface area (Å²) in [6.07, 6.45) is -3.06. The fraction of sp³-hybridized carbons (Fsp3) is 0.545. The number of aromatic nitrogens is 4. The van der Waals surface area contributed by atoms with Crippen LogP contribution in [-0.4, -0.2) is 53.3 Å². The van der Waals surface area contributed by atoms with E-state index in [0.29, 0.717) is 0 Å². The van der Waals surface area contributed by atoms with Crippen LogP contribution >= 0.6 is 12.6 Å². The van der Waals surface area contributed by atoms with Crippen LogP contribution in [-0.2, 0) is 4.74 Å². The average molecular weight is 315 g/mol. The van der Waals surface area contributed by atoms with Crippen LogP contribution in [0.25, 0.3) is 11.2 Å². The maximum atomic E-state index is 13.3. The van der Waals surface area contributed by atoms with Crippen molar-refractivity contribution in [2.45, 2.75) is 36.7 Å². The number of fused-ring (bicyclic) bond motifs is 1. The largest absolute Gasteiger partial charge is 0.391 e. The molecule has 2 aromatic heterocycles. The van der Waals surface area contributed by atoms with Gasteiger partial charge in [-0.05, 0) is 6.92 Å². The molecule has 0 amide bonds. The second kappa shape index (κ2) is 5.05. The minimum Gasteiger partial charge on any atom is -0.391 e. The van der Waals surface area contributed by atoms with Gasteiger partial charge in [-0.1, -0.05) is 0 Å². The third kappa shape index (κ3) is 2.24. The lowest BCUT2D eigenvalue weighted by Crippen LogP contribution is -2.35. The molecule has 8 nitrogen and oxygen atoms in total. The van der Waals surface area contributed by atoms with Crippen LogP contribution in [0.5, 0.6) is 0 Å². The molecule has 0 radical (unpaired) electrons. The molecule has 1 aliphatic rings. The highest BCUT2D eigenvalue weighted by Crippen LogP contribution is 2.36. The van der Waals surface area contributed by atoms with E-state index in [9.17, 15) is 14.6 Å². The molecule has 0 spiro atoms. The predicted molar refractivity (Wildman–Crippen MR) is 74.1 cm³/mol. The standard InChI is InChI=1S/C11H14FN5O3S/c1-3(18)6-5(19)7(21)10(20-6)17-2-14-4-8(13)15-11(12)16-9(4)17/h2-3,5-7,10,18-19,21H,1H3,(H2,13,15,16)/t3?,5-,6-,7-,10-/m1/s1. The first-order valence-electron chi connectivity index (χ1n) is 6.25. The van der Waals surface area contributed by atoms with Crippen LogP contribution in [0.2, 0.25) is 0 Å². The minimum atomic E-state index is -0.986. The highest BCUT2D eigenvalue weighted by molar-refractivity contribution is 7.81. The van der Waals surface area contributed by atoms with E-state index in [4.69, 9.17) is 10.5 Å². The summed E-state index contributed by atoms with van der Waals surface area (Å²) in [5.74, 6) is -0.0856. The lowest BCUT2D eigenvalue weighted by molar-refractivity contribution is -0.0749. The van der Waals surface area contributed by atoms with Gasteiger partial charge in [-0.25, -0.2) is 4.98 Å². The maximum absolute atomic E-state index is 13.3. The van der Waals surface area contributed by atoms with E-state index in [1.54, 1.807) is 0 Å². The highest BCUT2D eigenvalue weighted by atomic mass is 32.1. The fourth-order valence-corrected chi connectivity index (χ4v) is 2.79. The normalized spacial score (nSPS) is 30.9. The van der Waals surface area contributed by atoms with Gasteiger partial charge in [0.05, 0.1) is 23.8 Å². The Hall–Kier alpha value is -1.49. The minimum absolute atomic E-state index is 0.0856. The van der Waals surface area contributed by atoms with Gasteiger partial charge < -0.3 is 20.7 Å². The Morgan fingerprint density at radius 3 is 2.86 bits per heavy atom. The number of imidazole rings is 1. The summed E-state index contributed by atoms with van der Waals surface area (Å²) in [4.78, 5) is 11.1. The first-order chi connectivity index (χ1) is 9.90. The molecule has 114 valence electrons. The molecule has 10 heteroatoms. The molecule has 0 saturated carbocycles. The van der Waals surface area contributed by atoms with Crippen molar-refractivity contribution in [3.05, 3.63) is 12.4 Å². The molecular weight excluding hydrogens is 301 g/mol. The number of ether oxygens (including phenoxy) is 1. The number of nitrogen functional groups attached to an aromatic ring is 1. The van der Waals surface area contributed by atoms with Crippen molar-refractivity contribution in [3.63, 3.8) is 0 Å². The second-order valence-corrected chi connectivity index (χ2v) is 5.51. The molecule has 2 aromatic rings. The number of hydrogen-bond donors (Lipinski definition) is 4. The molecule has 0 aromatic carbocycles. The Bertz CT molecular complexity index is 681. The molecule has 1 unspecified atom stereocenters. The number of aliphatic hydroxyl groups is 2. The quantitative estimate of drug-likeness (QED) is 0.435. The number of nitrogens with two attached hydrogens (primary N) is 1. The summed E-state index contributed by atoms with van der Waals surface area (Å²) >= 11 is 4.30. The van der Waals surface area contributed by atoms with Crippen molar-refractivity contribution < 1.29 is 19.3 Å². The van der Waals surface area contributed by atoms with Crippen molar-refractivity contribution in [1.29, 1.82) is 0 Å². The van der Waals surface area contributed by atoms with Gasteiger partial charge in [0.15, 0.2) is 23.2 Å². The first kappa shape index (κ1) is 14.4. The molecule has 0 bridgehead atoms. The molecule has 3 heterocycles. The van der Waals surface area contributed by atoms with Gasteiger partial charge in [0.25, 0.3) is 0 Å². The summed E-state index contributed by atoms with van der Waals surface area (Å²) in [6, 6.07) is 0. The van der Waals surface area contributed by atoms with E-state index in [0.717, 1.165) is 0 Å². The Morgan fingerprint density at radius 1 is 1.52 bits per heavy atom. The molecule has 21 heavy (non-hydrogen) atoms. The number of thiol groups is 1. The van der Waals surface area contributed by atoms with E-state index in [1.165, 1.54) is 17.8 Å². The van der Waals surface area contributed by atoms with E-state index < -0.39 is 35.9 Å². The molecule has 1 aliphatic heterocycles. The number of anilines is 1. The molecule has 4 N–H and O–H groups in total. The molecular formula is C11H14FN5O3S. The van der Waals surface area contributed by atoms with Gasteiger partial charge in [0.2, 0.25) is 0 Å². The van der Waals surface area contributed by atoms with Crippen molar-refractivity contribution in [2.75, 3.05) is 5.73 Å². The second-order valence-electron chi connectivity index (χ2n) is 4.91. The van der Waals surface area contributed by atoms with E-state index in [2.05, 4.69) is 27.6 Å². The lowest BCUT2D eigenvalue weighted by Gasteiger charge is -2.17. The van der Waals surface area contributed by atoms with Gasteiger partial charge in [-0.2, -0.15) is 27.0 Å². The van der Waals surface area contributed by atoms with Crippen molar-refractivity contribution in [3.8, 4) is 0 Å². The molecule has 3 rings (SSSR count). The number of nitrogens with zero attached hydrogens (tertiary/aromatic N) is 4. The molecule has 0 aliphatic carbocycles. The first-order valence-corrected chi connectivity index (χ1v) is 6.77. The number of hydrogen-bond acceptors (Lipinski definition) is 8. The monoisotopic (exact) mass is 315 g/mol. The van der Waals surface area contributed by atoms with Crippen LogP contribution in [0.15, 0.2) is 6.33 Å². The fourth-order valence-electron chi connectivity index (χ4n) is 2.41. The van der Waals surface area contributed by atoms with Gasteiger partial charge >= 0.3 is 6.08 Å². The molecule has 1 saturated heterocycles. The smallest absolute Gasteiger partial charge is 0.312 e. The lowest BCUT2D eigenvalue weighted by atomic mass is 10.1. The SMILES string of the molecule is CC(O)[C@H]1O[C@@H](n2cnc3c(N)nc(F)nc32)[C@H](S)[C@@H]1O. The zero-order chi connectivity index (χ0) is 15.3. The summed E-state index contributed by atoms with van der Waals surface area (Å²) in [7, 11) is 0. The van der Waals surface area contributed by atoms with Gasteiger partial charge in [0, 0.05) is 0 Å². The number of halogens is 1. The van der Waals surface area contributed by atoms with E-state index >= 15 is 0 Å². The highest BCUT2D eigenvalue weighted by Gasteiger charge is 2.45. The molecule has 1 fully saturated rings. The Kier molecular flexibility index (Phi) is 3.48. The van der Waals surface area contributed by atoms with Crippen molar-refractivity contribution in [2.24, 2.45) is 0 Å². The van der Waals surface area contributed by atoms with E-state index in [-0.39, 0.29) is 17.0 Å². The summed E-state index contributed by atoms with van der Waals surface area (Å²) in [5, 5.41) is 19.0. The average Bonchev–Trinajstić information content (AvgIpc) is 2.93. The molecule has 5 atom stereocenters. The van der Waals surface area contributed by atoms with Crippen molar-refractivity contribution >= 4 is 29.6 Å². The Balaban J connectivity index is 2.05. The Morgan fingerprint density at radius 2 is 2.24 bits per heavy atom. The zero-order valence-electron chi connectivity index (χ0n) is 11.0. The zero-order valence-corrected chi connectivity index (χ0v) is 11.9. The summed E-state index contributed by atoms with van der Waals surface area (Å²) in [6.45, 7) is 1.50. The van der Waals surface area contributed by atoms with Crippen molar-refractivity contribution in [1.82, 2.24) is 19.5 Å². The van der Waals surface area contributed by atoms with Gasteiger partial charge in [0.1, 0.15) is 6.10 Å². The van der Waals surface area contributed by atoms with Crippen LogP contribution in [0.3, 0.4) is 0 Å². The van der Waals surface area contributed by atoms with Crippen LogP contribution in [0.1, 0.15) is 13.2 Å². The summed E-state index contributed by atoms with van der Waals surface area (Å²) in [5.41, 5.74) is 5.96. The number of rotatable bonds is 2. The van der Waals surface area contributed by atoms with Crippen LogP contribution in [0, 0.1) is 6.08 Å². The van der Waals surface area contributed by atoms with Gasteiger partial charge in [-0.3, -0.25) is 4.57 Å². The number of aliphatic hydroxyl groups excluding tert-OH is 2. The third-order valence-electron chi connectivity index (χ3n) is 3.45. The Labute approximate surface area is 124 Å². The predicted octanol–water partition coefficient (Wildman–Crippen LogP) is -0.515. The maximum Gasteiger partial charge on any atom is 0.312 e. The van der Waals surface area contributed by atoms with E-state index in [1.807, 2.05) is 0 Å².